The van der Waals surface area contributed by atoms with Crippen molar-refractivity contribution < 1.29 is 9.53 Å². The van der Waals surface area contributed by atoms with E-state index in [9.17, 15) is 4.79 Å². The molecule has 1 rings (SSSR count). The molecule has 0 bridgehead atoms. The van der Waals surface area contributed by atoms with Gasteiger partial charge in [0.05, 0.1) is 12.7 Å². The number of morpholine rings is 1. The van der Waals surface area contributed by atoms with E-state index in [1.165, 1.54) is 0 Å². The van der Waals surface area contributed by atoms with Crippen molar-refractivity contribution in [2.75, 3.05) is 46.9 Å². The summed E-state index contributed by atoms with van der Waals surface area (Å²) in [6.45, 7) is 5.81. The smallest absolute Gasteiger partial charge is 0.319 e. The number of rotatable bonds is 3. The predicted molar refractivity (Wildman–Crippen MR) is 58.9 cm³/mol. The zero-order valence-electron chi connectivity index (χ0n) is 9.82. The molecule has 2 amide bonds. The van der Waals surface area contributed by atoms with Crippen LogP contribution in [-0.4, -0.2) is 68.8 Å². The van der Waals surface area contributed by atoms with Gasteiger partial charge in [-0.15, -0.1) is 0 Å². The van der Waals surface area contributed by atoms with Gasteiger partial charge in [0.1, 0.15) is 0 Å². The lowest BCUT2D eigenvalue weighted by Gasteiger charge is -2.30. The van der Waals surface area contributed by atoms with E-state index in [1.54, 1.807) is 16.8 Å². The Morgan fingerprint density at radius 1 is 1.47 bits per heavy atom. The molecular weight excluding hydrogens is 194 g/mol. The number of nitrogens with zero attached hydrogens (tertiary/aromatic N) is 2. The minimum absolute atomic E-state index is 0.0478. The first kappa shape index (κ1) is 12.3. The molecule has 0 aromatic carbocycles. The van der Waals surface area contributed by atoms with Gasteiger partial charge >= 0.3 is 6.03 Å². The second-order valence-electron chi connectivity index (χ2n) is 3.87. The fourth-order valence-corrected chi connectivity index (χ4v) is 1.55. The highest BCUT2D eigenvalue weighted by molar-refractivity contribution is 5.73. The summed E-state index contributed by atoms with van der Waals surface area (Å²) in [5.74, 6) is 0. The maximum Gasteiger partial charge on any atom is 0.319 e. The monoisotopic (exact) mass is 215 g/mol. The highest BCUT2D eigenvalue weighted by Gasteiger charge is 2.19. The van der Waals surface area contributed by atoms with Crippen LogP contribution in [0.1, 0.15) is 6.92 Å². The van der Waals surface area contributed by atoms with Gasteiger partial charge in [-0.25, -0.2) is 4.79 Å². The molecule has 0 aliphatic carbocycles. The number of amides is 2. The molecule has 5 heteroatoms. The van der Waals surface area contributed by atoms with Crippen molar-refractivity contribution in [1.82, 2.24) is 15.1 Å². The fraction of sp³-hybridized carbons (Fsp3) is 0.900. The first-order valence-corrected chi connectivity index (χ1v) is 5.43. The fourth-order valence-electron chi connectivity index (χ4n) is 1.55. The number of carbonyl (C=O) groups is 1. The van der Waals surface area contributed by atoms with Crippen molar-refractivity contribution in [2.24, 2.45) is 0 Å². The van der Waals surface area contributed by atoms with Crippen LogP contribution in [0.2, 0.25) is 0 Å². The molecule has 0 radical (unpaired) electrons. The molecule has 1 saturated heterocycles. The van der Waals surface area contributed by atoms with Gasteiger partial charge in [0.25, 0.3) is 0 Å². The first-order valence-electron chi connectivity index (χ1n) is 5.43. The summed E-state index contributed by atoms with van der Waals surface area (Å²) in [5.41, 5.74) is 0. The summed E-state index contributed by atoms with van der Waals surface area (Å²) in [6, 6.07) is 0.0478. The molecule has 1 fully saturated rings. The summed E-state index contributed by atoms with van der Waals surface area (Å²) < 4.78 is 5.54. The molecule has 1 aliphatic heterocycles. The third-order valence-electron chi connectivity index (χ3n) is 2.61. The Hall–Kier alpha value is -0.810. The largest absolute Gasteiger partial charge is 0.374 e. The lowest BCUT2D eigenvalue weighted by atomic mass is 10.3. The molecule has 0 saturated carbocycles. The second kappa shape index (κ2) is 5.92. The molecule has 0 aromatic heterocycles. The van der Waals surface area contributed by atoms with E-state index in [4.69, 9.17) is 4.74 Å². The third kappa shape index (κ3) is 3.68. The zero-order valence-corrected chi connectivity index (χ0v) is 9.82. The van der Waals surface area contributed by atoms with E-state index in [2.05, 4.69) is 5.32 Å². The topological polar surface area (TPSA) is 44.8 Å². The number of urea groups is 1. The lowest BCUT2D eigenvalue weighted by molar-refractivity contribution is 0.0136. The number of hydrogen-bond acceptors (Lipinski definition) is 3. The SMILES string of the molecule is CCN(C)C(=O)N(C)CC1CNCCO1. The highest BCUT2D eigenvalue weighted by atomic mass is 16.5. The van der Waals surface area contributed by atoms with E-state index in [1.807, 2.05) is 14.0 Å². The molecule has 0 aromatic rings. The van der Waals surface area contributed by atoms with Gasteiger partial charge in [-0.3, -0.25) is 0 Å². The van der Waals surface area contributed by atoms with Crippen LogP contribution in [0.25, 0.3) is 0 Å². The first-order chi connectivity index (χ1) is 7.15. The van der Waals surface area contributed by atoms with Gasteiger partial charge in [0.15, 0.2) is 0 Å². The van der Waals surface area contributed by atoms with E-state index in [0.717, 1.165) is 26.2 Å². The average molecular weight is 215 g/mol. The Balaban J connectivity index is 2.33. The van der Waals surface area contributed by atoms with Crippen LogP contribution in [0.5, 0.6) is 0 Å². The van der Waals surface area contributed by atoms with Crippen LogP contribution in [-0.2, 0) is 4.74 Å². The summed E-state index contributed by atoms with van der Waals surface area (Å²) in [7, 11) is 3.62. The van der Waals surface area contributed by atoms with Crippen molar-refractivity contribution in [3.8, 4) is 0 Å². The normalized spacial score (nSPS) is 21.1. The van der Waals surface area contributed by atoms with Crippen LogP contribution in [0.4, 0.5) is 4.79 Å². The summed E-state index contributed by atoms with van der Waals surface area (Å²) in [4.78, 5) is 15.1. The van der Waals surface area contributed by atoms with Crippen molar-refractivity contribution in [3.63, 3.8) is 0 Å². The van der Waals surface area contributed by atoms with Crippen molar-refractivity contribution in [1.29, 1.82) is 0 Å². The van der Waals surface area contributed by atoms with Crippen LogP contribution in [0.15, 0.2) is 0 Å². The minimum Gasteiger partial charge on any atom is -0.374 e. The molecule has 1 atom stereocenters. The zero-order chi connectivity index (χ0) is 11.3. The predicted octanol–water partition coefficient (Wildman–Crippen LogP) is -0.0217. The molecule has 1 aliphatic rings. The Morgan fingerprint density at radius 2 is 2.20 bits per heavy atom. The molecule has 1 heterocycles. The number of hydrogen-bond donors (Lipinski definition) is 1. The van der Waals surface area contributed by atoms with Gasteiger partial charge in [-0.1, -0.05) is 0 Å². The standard InChI is InChI=1S/C10H21N3O2/c1-4-12(2)10(14)13(3)8-9-7-11-5-6-15-9/h9,11H,4-8H2,1-3H3. The van der Waals surface area contributed by atoms with Gasteiger partial charge < -0.3 is 19.9 Å². The molecule has 0 spiro atoms. The van der Waals surface area contributed by atoms with E-state index >= 15 is 0 Å². The van der Waals surface area contributed by atoms with Crippen LogP contribution in [0.3, 0.4) is 0 Å². The number of likely N-dealkylation sites (N-methyl/N-ethyl adjacent to an activating group) is 1. The summed E-state index contributed by atoms with van der Waals surface area (Å²) >= 11 is 0. The third-order valence-corrected chi connectivity index (χ3v) is 2.61. The maximum absolute atomic E-state index is 11.7. The van der Waals surface area contributed by atoms with E-state index in [0.29, 0.717) is 6.54 Å². The van der Waals surface area contributed by atoms with E-state index < -0.39 is 0 Å². The molecule has 5 nitrogen and oxygen atoms in total. The Morgan fingerprint density at radius 3 is 2.73 bits per heavy atom. The van der Waals surface area contributed by atoms with Crippen LogP contribution < -0.4 is 5.32 Å². The number of nitrogens with one attached hydrogen (secondary N) is 1. The highest BCUT2D eigenvalue weighted by Crippen LogP contribution is 2.01. The lowest BCUT2D eigenvalue weighted by Crippen LogP contribution is -2.48. The van der Waals surface area contributed by atoms with Gasteiger partial charge in [0, 0.05) is 40.3 Å². The molecule has 15 heavy (non-hydrogen) atoms. The van der Waals surface area contributed by atoms with Gasteiger partial charge in [0.2, 0.25) is 0 Å². The number of ether oxygens (including phenoxy) is 1. The summed E-state index contributed by atoms with van der Waals surface area (Å²) in [5, 5.41) is 3.25. The van der Waals surface area contributed by atoms with Gasteiger partial charge in [-0.2, -0.15) is 0 Å². The average Bonchev–Trinajstić information content (AvgIpc) is 2.28. The Bertz CT molecular complexity index is 205. The quantitative estimate of drug-likeness (QED) is 0.719. The second-order valence-corrected chi connectivity index (χ2v) is 3.87. The van der Waals surface area contributed by atoms with Gasteiger partial charge in [-0.05, 0) is 6.92 Å². The van der Waals surface area contributed by atoms with Crippen molar-refractivity contribution >= 4 is 6.03 Å². The van der Waals surface area contributed by atoms with Crippen molar-refractivity contribution in [3.05, 3.63) is 0 Å². The van der Waals surface area contributed by atoms with Crippen LogP contribution in [0, 0.1) is 0 Å². The Kier molecular flexibility index (Phi) is 4.84. The molecule has 1 unspecified atom stereocenters. The summed E-state index contributed by atoms with van der Waals surface area (Å²) in [6.07, 6.45) is 0.123. The Labute approximate surface area is 91.4 Å². The number of carbonyl (C=O) groups excluding carboxylic acids is 1. The van der Waals surface area contributed by atoms with Crippen LogP contribution >= 0.6 is 0 Å². The van der Waals surface area contributed by atoms with Crippen molar-refractivity contribution in [2.45, 2.75) is 13.0 Å². The molecule has 88 valence electrons. The van der Waals surface area contributed by atoms with E-state index in [-0.39, 0.29) is 12.1 Å². The maximum atomic E-state index is 11.7. The minimum atomic E-state index is 0.0478. The molecular formula is C10H21N3O2. The molecule has 1 N–H and O–H groups in total.